The third-order valence-corrected chi connectivity index (χ3v) is 3.38. The molecule has 1 atom stereocenters. The molecule has 1 unspecified atom stereocenters. The van der Waals surface area contributed by atoms with Crippen molar-refractivity contribution in [3.8, 4) is 0 Å². The topological polar surface area (TPSA) is 75.6 Å². The zero-order valence-electron chi connectivity index (χ0n) is 10.7. The number of cyclic esters (lactones) is 1. The Hall–Kier alpha value is -2.37. The van der Waals surface area contributed by atoms with Crippen LogP contribution in [0.4, 0.5) is 5.69 Å². The number of hydrogen-bond donors (Lipinski definition) is 2. The molecular formula is C15H10ClNO4. The Morgan fingerprint density at radius 1 is 1.19 bits per heavy atom. The predicted octanol–water partition coefficient (Wildman–Crippen LogP) is 2.29. The Kier molecular flexibility index (Phi) is 3.16. The number of amides is 1. The Balaban J connectivity index is 1.93. The molecule has 2 aromatic rings. The molecule has 0 aromatic heterocycles. The van der Waals surface area contributed by atoms with Gasteiger partial charge >= 0.3 is 17.7 Å². The van der Waals surface area contributed by atoms with Crippen LogP contribution in [0.2, 0.25) is 5.02 Å². The monoisotopic (exact) mass is 303 g/mol. The predicted molar refractivity (Wildman–Crippen MR) is 75.8 cm³/mol. The molecule has 106 valence electrons. The van der Waals surface area contributed by atoms with E-state index in [2.05, 4.69) is 5.32 Å². The Morgan fingerprint density at radius 3 is 2.71 bits per heavy atom. The molecule has 0 bridgehead atoms. The molecular weight excluding hydrogens is 294 g/mol. The van der Waals surface area contributed by atoms with Gasteiger partial charge in [0.05, 0.1) is 5.56 Å². The fraction of sp³-hybridized carbons (Fsp3) is 0.0667. The summed E-state index contributed by atoms with van der Waals surface area (Å²) in [5.41, 5.74) is 0.678. The van der Waals surface area contributed by atoms with Crippen molar-refractivity contribution in [2.75, 3.05) is 5.32 Å². The summed E-state index contributed by atoms with van der Waals surface area (Å²) < 4.78 is 4.86. The van der Waals surface area contributed by atoms with Gasteiger partial charge in [-0.05, 0) is 24.3 Å². The Morgan fingerprint density at radius 2 is 1.95 bits per heavy atom. The first-order valence-corrected chi connectivity index (χ1v) is 6.51. The SMILES string of the molecule is O=C1OC(O)(C(=O)Nc2cccc(Cl)c2)c2ccccc21. The molecule has 0 spiro atoms. The summed E-state index contributed by atoms with van der Waals surface area (Å²) in [7, 11) is 0. The van der Waals surface area contributed by atoms with E-state index in [0.29, 0.717) is 10.7 Å². The van der Waals surface area contributed by atoms with Gasteiger partial charge in [0.2, 0.25) is 0 Å². The quantitative estimate of drug-likeness (QED) is 0.835. The average molecular weight is 304 g/mol. The highest BCUT2D eigenvalue weighted by Crippen LogP contribution is 2.35. The standard InChI is InChI=1S/C15H10ClNO4/c16-9-4-3-5-10(8-9)17-14(19)15(20)12-7-2-1-6-11(12)13(18)21-15/h1-8,20H,(H,17,19). The lowest BCUT2D eigenvalue weighted by molar-refractivity contribution is -0.180. The van der Waals surface area contributed by atoms with E-state index in [9.17, 15) is 14.7 Å². The fourth-order valence-electron chi connectivity index (χ4n) is 2.15. The number of ether oxygens (including phenoxy) is 1. The number of carbonyl (C=O) groups is 2. The van der Waals surface area contributed by atoms with Gasteiger partial charge in [-0.3, -0.25) is 4.79 Å². The van der Waals surface area contributed by atoms with Crippen molar-refractivity contribution in [3.05, 3.63) is 64.7 Å². The molecule has 1 aliphatic heterocycles. The van der Waals surface area contributed by atoms with E-state index in [4.69, 9.17) is 16.3 Å². The number of carbonyl (C=O) groups excluding carboxylic acids is 2. The number of aliphatic hydroxyl groups is 1. The van der Waals surface area contributed by atoms with Gasteiger partial charge in [-0.1, -0.05) is 35.9 Å². The van der Waals surface area contributed by atoms with Crippen molar-refractivity contribution >= 4 is 29.2 Å². The van der Waals surface area contributed by atoms with Crippen LogP contribution in [-0.4, -0.2) is 17.0 Å². The largest absolute Gasteiger partial charge is 0.415 e. The van der Waals surface area contributed by atoms with Crippen LogP contribution in [0.25, 0.3) is 0 Å². The maximum atomic E-state index is 12.3. The van der Waals surface area contributed by atoms with E-state index in [1.54, 1.807) is 30.3 Å². The van der Waals surface area contributed by atoms with Crippen LogP contribution in [-0.2, 0) is 15.3 Å². The van der Waals surface area contributed by atoms with E-state index in [0.717, 1.165) is 0 Å². The molecule has 1 aliphatic rings. The van der Waals surface area contributed by atoms with Crippen molar-refractivity contribution in [2.24, 2.45) is 0 Å². The lowest BCUT2D eigenvalue weighted by Gasteiger charge is -2.21. The van der Waals surface area contributed by atoms with E-state index in [1.165, 1.54) is 18.2 Å². The number of anilines is 1. The van der Waals surface area contributed by atoms with Crippen molar-refractivity contribution in [3.63, 3.8) is 0 Å². The maximum Gasteiger partial charge on any atom is 0.341 e. The maximum absolute atomic E-state index is 12.3. The minimum atomic E-state index is -2.34. The number of fused-ring (bicyclic) bond motifs is 1. The summed E-state index contributed by atoms with van der Waals surface area (Å²) >= 11 is 5.83. The first-order valence-electron chi connectivity index (χ1n) is 6.13. The molecule has 2 aromatic carbocycles. The Bertz CT molecular complexity index is 746. The van der Waals surface area contributed by atoms with Gasteiger partial charge in [0.1, 0.15) is 0 Å². The van der Waals surface area contributed by atoms with Crippen LogP contribution in [0.5, 0.6) is 0 Å². The lowest BCUT2D eigenvalue weighted by Crippen LogP contribution is -2.40. The van der Waals surface area contributed by atoms with Gasteiger partial charge in [-0.15, -0.1) is 0 Å². The Labute approximate surface area is 125 Å². The van der Waals surface area contributed by atoms with Crippen molar-refractivity contribution < 1.29 is 19.4 Å². The lowest BCUT2D eigenvalue weighted by atomic mass is 10.0. The van der Waals surface area contributed by atoms with Gasteiger partial charge in [0, 0.05) is 16.3 Å². The zero-order valence-corrected chi connectivity index (χ0v) is 11.4. The molecule has 0 radical (unpaired) electrons. The summed E-state index contributed by atoms with van der Waals surface area (Å²) in [4.78, 5) is 24.0. The minimum Gasteiger partial charge on any atom is -0.415 e. The second-order valence-corrected chi connectivity index (χ2v) is 4.98. The number of hydrogen-bond acceptors (Lipinski definition) is 4. The van der Waals surface area contributed by atoms with Crippen LogP contribution in [0.15, 0.2) is 48.5 Å². The number of halogens is 1. The zero-order chi connectivity index (χ0) is 15.0. The molecule has 0 saturated carbocycles. The summed E-state index contributed by atoms with van der Waals surface area (Å²) in [6.45, 7) is 0. The average Bonchev–Trinajstić information content (AvgIpc) is 2.73. The van der Waals surface area contributed by atoms with Crippen molar-refractivity contribution in [2.45, 2.75) is 5.79 Å². The highest BCUT2D eigenvalue weighted by atomic mass is 35.5. The molecule has 1 amide bonds. The molecule has 2 N–H and O–H groups in total. The molecule has 1 heterocycles. The molecule has 21 heavy (non-hydrogen) atoms. The van der Waals surface area contributed by atoms with Gasteiger partial charge < -0.3 is 15.2 Å². The van der Waals surface area contributed by atoms with Gasteiger partial charge in [0.15, 0.2) is 0 Å². The van der Waals surface area contributed by atoms with Gasteiger partial charge in [0.25, 0.3) is 0 Å². The first-order chi connectivity index (χ1) is 10.0. The van der Waals surface area contributed by atoms with Crippen LogP contribution in [0.3, 0.4) is 0 Å². The van der Waals surface area contributed by atoms with Gasteiger partial charge in [-0.25, -0.2) is 4.79 Å². The molecule has 6 heteroatoms. The summed E-state index contributed by atoms with van der Waals surface area (Å²) in [6, 6.07) is 12.6. The van der Waals surface area contributed by atoms with Crippen molar-refractivity contribution in [1.29, 1.82) is 0 Å². The molecule has 0 saturated heterocycles. The summed E-state index contributed by atoms with van der Waals surface area (Å²) in [5.74, 6) is -3.94. The van der Waals surface area contributed by atoms with E-state index in [-0.39, 0.29) is 11.1 Å². The molecule has 0 aliphatic carbocycles. The smallest absolute Gasteiger partial charge is 0.341 e. The van der Waals surface area contributed by atoms with Crippen LogP contribution in [0, 0.1) is 0 Å². The van der Waals surface area contributed by atoms with Crippen LogP contribution in [0.1, 0.15) is 15.9 Å². The number of rotatable bonds is 2. The second kappa shape index (κ2) is 4.87. The molecule has 3 rings (SSSR count). The van der Waals surface area contributed by atoms with Crippen LogP contribution >= 0.6 is 11.6 Å². The van der Waals surface area contributed by atoms with E-state index in [1.807, 2.05) is 0 Å². The third kappa shape index (κ3) is 2.26. The fourth-order valence-corrected chi connectivity index (χ4v) is 2.34. The third-order valence-electron chi connectivity index (χ3n) is 3.14. The highest BCUT2D eigenvalue weighted by molar-refractivity contribution is 6.30. The second-order valence-electron chi connectivity index (χ2n) is 4.54. The van der Waals surface area contributed by atoms with Crippen molar-refractivity contribution in [1.82, 2.24) is 0 Å². The summed E-state index contributed by atoms with van der Waals surface area (Å²) in [5, 5.41) is 13.3. The normalized spacial score (nSPS) is 19.8. The number of nitrogens with one attached hydrogen (secondary N) is 1. The van der Waals surface area contributed by atoms with Gasteiger partial charge in [-0.2, -0.15) is 0 Å². The molecule has 5 nitrogen and oxygen atoms in total. The highest BCUT2D eigenvalue weighted by Gasteiger charge is 2.50. The van der Waals surface area contributed by atoms with Crippen LogP contribution < -0.4 is 5.32 Å². The number of benzene rings is 2. The number of esters is 1. The minimum absolute atomic E-state index is 0.120. The summed E-state index contributed by atoms with van der Waals surface area (Å²) in [6.07, 6.45) is 0. The van der Waals surface area contributed by atoms with E-state index >= 15 is 0 Å². The molecule has 0 fully saturated rings. The first kappa shape index (κ1) is 13.6. The van der Waals surface area contributed by atoms with E-state index < -0.39 is 17.7 Å².